The molecule has 0 amide bonds. The average Bonchev–Trinajstić information content (AvgIpc) is 2.44. The molecule has 1 unspecified atom stereocenters. The largest absolute Gasteiger partial charge is 0.487 e. The molecular formula is C16H21FO. The molecule has 1 nitrogen and oxygen atoms in total. The SMILES string of the molecule is Cc1ccc2c(c1F)OC(C1CCCCC1)CC2. The first-order valence-corrected chi connectivity index (χ1v) is 7.20. The van der Waals surface area contributed by atoms with Crippen LogP contribution in [-0.4, -0.2) is 6.10 Å². The molecule has 1 fully saturated rings. The maximum Gasteiger partial charge on any atom is 0.168 e. The van der Waals surface area contributed by atoms with Gasteiger partial charge in [0, 0.05) is 0 Å². The van der Waals surface area contributed by atoms with Gasteiger partial charge in [-0.3, -0.25) is 0 Å². The van der Waals surface area contributed by atoms with Gasteiger partial charge in [0.1, 0.15) is 6.10 Å². The molecule has 0 N–H and O–H groups in total. The molecule has 1 saturated carbocycles. The third-order valence-electron chi connectivity index (χ3n) is 4.51. The molecule has 0 radical (unpaired) electrons. The number of rotatable bonds is 1. The molecule has 0 spiro atoms. The Hall–Kier alpha value is -1.05. The Balaban J connectivity index is 1.81. The lowest BCUT2D eigenvalue weighted by Crippen LogP contribution is -2.32. The van der Waals surface area contributed by atoms with Crippen molar-refractivity contribution in [2.45, 2.75) is 58.0 Å². The molecule has 0 saturated heterocycles. The van der Waals surface area contributed by atoms with Gasteiger partial charge >= 0.3 is 0 Å². The van der Waals surface area contributed by atoms with E-state index >= 15 is 0 Å². The van der Waals surface area contributed by atoms with Crippen molar-refractivity contribution in [2.24, 2.45) is 5.92 Å². The predicted octanol–water partition coefficient (Wildman–Crippen LogP) is 4.41. The standard InChI is InChI=1S/C16H21FO/c1-11-7-8-13-9-10-14(18-16(13)15(11)17)12-5-3-2-4-6-12/h7-8,12,14H,2-6,9-10H2,1H3. The van der Waals surface area contributed by atoms with E-state index in [1.165, 1.54) is 32.1 Å². The van der Waals surface area contributed by atoms with Crippen molar-refractivity contribution in [3.63, 3.8) is 0 Å². The summed E-state index contributed by atoms with van der Waals surface area (Å²) in [6.07, 6.45) is 8.76. The Bertz CT molecular complexity index is 435. The van der Waals surface area contributed by atoms with E-state index in [0.717, 1.165) is 18.4 Å². The van der Waals surface area contributed by atoms with E-state index in [0.29, 0.717) is 17.2 Å². The fraction of sp³-hybridized carbons (Fsp3) is 0.625. The highest BCUT2D eigenvalue weighted by Crippen LogP contribution is 2.37. The van der Waals surface area contributed by atoms with Gasteiger partial charge < -0.3 is 4.74 Å². The van der Waals surface area contributed by atoms with Crippen LogP contribution in [0.3, 0.4) is 0 Å². The van der Waals surface area contributed by atoms with Crippen LogP contribution in [0.1, 0.15) is 49.7 Å². The van der Waals surface area contributed by atoms with Crippen LogP contribution in [0, 0.1) is 18.7 Å². The Labute approximate surface area is 108 Å². The molecule has 1 aromatic carbocycles. The lowest BCUT2D eigenvalue weighted by Gasteiger charge is -2.34. The second-order valence-corrected chi connectivity index (χ2v) is 5.78. The lowest BCUT2D eigenvalue weighted by molar-refractivity contribution is 0.0832. The minimum Gasteiger partial charge on any atom is -0.487 e. The molecule has 0 bridgehead atoms. The number of hydrogen-bond acceptors (Lipinski definition) is 1. The van der Waals surface area contributed by atoms with E-state index in [1.54, 1.807) is 0 Å². The quantitative estimate of drug-likeness (QED) is 0.715. The smallest absolute Gasteiger partial charge is 0.168 e. The number of hydrogen-bond donors (Lipinski definition) is 0. The maximum atomic E-state index is 14.1. The molecule has 2 aliphatic rings. The molecule has 2 heteroatoms. The van der Waals surface area contributed by atoms with Gasteiger partial charge in [-0.1, -0.05) is 31.4 Å². The molecule has 0 aromatic heterocycles. The van der Waals surface area contributed by atoms with Crippen molar-refractivity contribution in [3.05, 3.63) is 29.1 Å². The number of ether oxygens (including phenoxy) is 1. The van der Waals surface area contributed by atoms with Crippen molar-refractivity contribution in [1.82, 2.24) is 0 Å². The summed E-state index contributed by atoms with van der Waals surface area (Å²) < 4.78 is 20.1. The second kappa shape index (κ2) is 4.91. The fourth-order valence-electron chi connectivity index (χ4n) is 3.36. The van der Waals surface area contributed by atoms with E-state index in [9.17, 15) is 4.39 Å². The first-order valence-electron chi connectivity index (χ1n) is 7.20. The van der Waals surface area contributed by atoms with Gasteiger partial charge in [-0.15, -0.1) is 0 Å². The van der Waals surface area contributed by atoms with Gasteiger partial charge in [0.05, 0.1) is 0 Å². The van der Waals surface area contributed by atoms with Crippen LogP contribution >= 0.6 is 0 Å². The van der Waals surface area contributed by atoms with Crippen molar-refractivity contribution >= 4 is 0 Å². The van der Waals surface area contributed by atoms with E-state index in [2.05, 4.69) is 0 Å². The molecule has 1 atom stereocenters. The maximum absolute atomic E-state index is 14.1. The Morgan fingerprint density at radius 1 is 1.11 bits per heavy atom. The molecular weight excluding hydrogens is 227 g/mol. The Kier molecular flexibility index (Phi) is 3.27. The second-order valence-electron chi connectivity index (χ2n) is 5.78. The topological polar surface area (TPSA) is 9.23 Å². The highest BCUT2D eigenvalue weighted by Gasteiger charge is 2.30. The minimum atomic E-state index is -0.145. The summed E-state index contributed by atoms with van der Waals surface area (Å²) in [5, 5.41) is 0. The Morgan fingerprint density at radius 2 is 1.89 bits per heavy atom. The highest BCUT2D eigenvalue weighted by molar-refractivity contribution is 5.40. The Morgan fingerprint density at radius 3 is 2.67 bits per heavy atom. The summed E-state index contributed by atoms with van der Waals surface area (Å²) in [6.45, 7) is 1.81. The summed E-state index contributed by atoms with van der Waals surface area (Å²) in [5.41, 5.74) is 1.74. The zero-order chi connectivity index (χ0) is 12.5. The van der Waals surface area contributed by atoms with Crippen LogP contribution in [0.4, 0.5) is 4.39 Å². The molecule has 3 rings (SSSR count). The molecule has 1 heterocycles. The van der Waals surface area contributed by atoms with Gasteiger partial charge in [-0.05, 0) is 49.7 Å². The predicted molar refractivity (Wildman–Crippen MR) is 70.4 cm³/mol. The third-order valence-corrected chi connectivity index (χ3v) is 4.51. The van der Waals surface area contributed by atoms with Gasteiger partial charge in [0.15, 0.2) is 11.6 Å². The number of halogens is 1. The van der Waals surface area contributed by atoms with Crippen molar-refractivity contribution in [3.8, 4) is 5.75 Å². The van der Waals surface area contributed by atoms with Crippen molar-refractivity contribution in [1.29, 1.82) is 0 Å². The van der Waals surface area contributed by atoms with E-state index in [4.69, 9.17) is 4.74 Å². The number of fused-ring (bicyclic) bond motifs is 1. The van der Waals surface area contributed by atoms with Crippen LogP contribution < -0.4 is 4.74 Å². The average molecular weight is 248 g/mol. The zero-order valence-corrected chi connectivity index (χ0v) is 11.0. The summed E-state index contributed by atoms with van der Waals surface area (Å²) >= 11 is 0. The van der Waals surface area contributed by atoms with E-state index in [-0.39, 0.29) is 11.9 Å². The summed E-state index contributed by atoms with van der Waals surface area (Å²) in [5.74, 6) is 1.04. The third kappa shape index (κ3) is 2.13. The fourth-order valence-corrected chi connectivity index (χ4v) is 3.36. The monoisotopic (exact) mass is 248 g/mol. The summed E-state index contributed by atoms with van der Waals surface area (Å²) in [4.78, 5) is 0. The number of aryl methyl sites for hydroxylation is 2. The van der Waals surface area contributed by atoms with Crippen LogP contribution in [0.5, 0.6) is 5.75 Å². The van der Waals surface area contributed by atoms with Gasteiger partial charge in [0.2, 0.25) is 0 Å². The lowest BCUT2D eigenvalue weighted by atomic mass is 9.82. The van der Waals surface area contributed by atoms with Crippen LogP contribution in [0.25, 0.3) is 0 Å². The molecule has 98 valence electrons. The molecule has 18 heavy (non-hydrogen) atoms. The van der Waals surface area contributed by atoms with Gasteiger partial charge in [-0.25, -0.2) is 4.39 Å². The molecule has 1 aliphatic heterocycles. The first-order chi connectivity index (χ1) is 8.75. The van der Waals surface area contributed by atoms with Gasteiger partial charge in [0.25, 0.3) is 0 Å². The summed E-state index contributed by atoms with van der Waals surface area (Å²) in [6, 6.07) is 3.88. The number of benzene rings is 1. The first kappa shape index (κ1) is 12.0. The molecule has 1 aromatic rings. The molecule has 1 aliphatic carbocycles. The summed E-state index contributed by atoms with van der Waals surface area (Å²) in [7, 11) is 0. The normalized spacial score (nSPS) is 24.4. The van der Waals surface area contributed by atoms with Crippen LogP contribution in [0.2, 0.25) is 0 Å². The van der Waals surface area contributed by atoms with Crippen molar-refractivity contribution in [2.75, 3.05) is 0 Å². The van der Waals surface area contributed by atoms with Crippen LogP contribution in [-0.2, 0) is 6.42 Å². The van der Waals surface area contributed by atoms with E-state index in [1.807, 2.05) is 19.1 Å². The minimum absolute atomic E-state index is 0.145. The van der Waals surface area contributed by atoms with Crippen LogP contribution in [0.15, 0.2) is 12.1 Å². The van der Waals surface area contributed by atoms with Gasteiger partial charge in [-0.2, -0.15) is 0 Å². The van der Waals surface area contributed by atoms with E-state index < -0.39 is 0 Å². The van der Waals surface area contributed by atoms with Crippen molar-refractivity contribution < 1.29 is 9.13 Å². The highest BCUT2D eigenvalue weighted by atomic mass is 19.1. The zero-order valence-electron chi connectivity index (χ0n) is 11.0.